The second kappa shape index (κ2) is 60.7. The zero-order valence-corrected chi connectivity index (χ0v) is 52.5. The Morgan fingerprint density at radius 1 is 0.427 bits per heavy atom. The molecule has 1 aliphatic heterocycles. The van der Waals surface area contributed by atoms with Crippen molar-refractivity contribution < 1.29 is 39.8 Å². The van der Waals surface area contributed by atoms with Crippen LogP contribution < -0.4 is 5.32 Å². The number of ether oxygens (including phenoxy) is 2. The Labute approximate surface area is 503 Å². The normalized spacial score (nSPS) is 19.1. The van der Waals surface area contributed by atoms with E-state index in [-0.39, 0.29) is 12.5 Å². The van der Waals surface area contributed by atoms with Gasteiger partial charge in [0.15, 0.2) is 6.29 Å². The molecule has 1 saturated heterocycles. The molecule has 0 aromatic rings. The van der Waals surface area contributed by atoms with Crippen LogP contribution in [0.3, 0.4) is 0 Å². The number of allylic oxidation sites excluding steroid dienone is 19. The summed E-state index contributed by atoms with van der Waals surface area (Å²) in [5, 5.41) is 54.7. The van der Waals surface area contributed by atoms with Gasteiger partial charge in [0.1, 0.15) is 24.4 Å². The maximum Gasteiger partial charge on any atom is 0.220 e. The van der Waals surface area contributed by atoms with Gasteiger partial charge in [-0.05, 0) is 89.9 Å². The Hall–Kier alpha value is -3.41. The van der Waals surface area contributed by atoms with Crippen LogP contribution in [-0.2, 0) is 14.3 Å². The number of hydrogen-bond donors (Lipinski definition) is 6. The number of unbranched alkanes of at least 4 members (excludes halogenated alkanes) is 29. The van der Waals surface area contributed by atoms with Crippen molar-refractivity contribution in [1.82, 2.24) is 5.32 Å². The minimum Gasteiger partial charge on any atom is -0.394 e. The van der Waals surface area contributed by atoms with Crippen LogP contribution in [0.2, 0.25) is 0 Å². The smallest absolute Gasteiger partial charge is 0.220 e. The summed E-state index contributed by atoms with van der Waals surface area (Å²) >= 11 is 0. The first kappa shape index (κ1) is 76.6. The largest absolute Gasteiger partial charge is 0.394 e. The molecule has 1 rings (SSSR count). The van der Waals surface area contributed by atoms with Gasteiger partial charge in [-0.3, -0.25) is 4.79 Å². The summed E-state index contributed by atoms with van der Waals surface area (Å²) in [4.78, 5) is 13.1. The number of carbonyl (C=O) groups excluding carboxylic acids is 1. The summed E-state index contributed by atoms with van der Waals surface area (Å²) < 4.78 is 11.3. The van der Waals surface area contributed by atoms with Crippen molar-refractivity contribution in [3.63, 3.8) is 0 Å². The summed E-state index contributed by atoms with van der Waals surface area (Å²) in [6, 6.07) is -0.821. The van der Waals surface area contributed by atoms with Gasteiger partial charge in [0.05, 0.1) is 25.4 Å². The number of rotatable bonds is 57. The number of hydrogen-bond acceptors (Lipinski definition) is 8. The van der Waals surface area contributed by atoms with Crippen LogP contribution in [-0.4, -0.2) is 87.5 Å². The van der Waals surface area contributed by atoms with Crippen molar-refractivity contribution in [2.45, 2.75) is 320 Å². The van der Waals surface area contributed by atoms with Crippen molar-refractivity contribution in [2.75, 3.05) is 13.2 Å². The van der Waals surface area contributed by atoms with Crippen molar-refractivity contribution >= 4 is 5.91 Å². The van der Waals surface area contributed by atoms with E-state index in [0.29, 0.717) is 6.42 Å². The predicted molar refractivity (Wildman–Crippen MR) is 350 cm³/mol. The SMILES string of the molecule is CC/C=C\C/C=C\C/C=C\C/C=C\C/C=C\C/C=C\C/C=C\C/C=C\C/C=C\CCCCCCCCCC(=O)NC(COC1OC(CO)C(O)C(O)C1O)C(O)/C=C/CCCCCCCCCCCCCCCCCCCCCCCC. The summed E-state index contributed by atoms with van der Waals surface area (Å²) in [7, 11) is 0. The van der Waals surface area contributed by atoms with Crippen LogP contribution in [0.4, 0.5) is 0 Å². The van der Waals surface area contributed by atoms with Crippen molar-refractivity contribution in [2.24, 2.45) is 0 Å². The van der Waals surface area contributed by atoms with Gasteiger partial charge in [0.25, 0.3) is 0 Å². The average Bonchev–Trinajstić information content (AvgIpc) is 3.52. The summed E-state index contributed by atoms with van der Waals surface area (Å²) in [5.41, 5.74) is 0. The highest BCUT2D eigenvalue weighted by molar-refractivity contribution is 5.76. The third-order valence-corrected chi connectivity index (χ3v) is 15.3. The molecule has 9 heteroatoms. The number of aliphatic hydroxyl groups excluding tert-OH is 5. The van der Waals surface area contributed by atoms with Gasteiger partial charge < -0.3 is 40.3 Å². The van der Waals surface area contributed by atoms with Crippen LogP contribution in [0, 0.1) is 0 Å². The monoisotopic (exact) mass is 1140 g/mol. The number of aliphatic hydroxyl groups is 5. The maximum atomic E-state index is 13.1. The van der Waals surface area contributed by atoms with Gasteiger partial charge in [0.2, 0.25) is 5.91 Å². The molecular weight excluding hydrogens is 1020 g/mol. The molecule has 0 aromatic carbocycles. The topological polar surface area (TPSA) is 149 Å². The van der Waals surface area contributed by atoms with Crippen molar-refractivity contribution in [3.8, 4) is 0 Å². The van der Waals surface area contributed by atoms with E-state index in [9.17, 15) is 30.3 Å². The van der Waals surface area contributed by atoms with Gasteiger partial charge in [-0.15, -0.1) is 0 Å². The van der Waals surface area contributed by atoms with E-state index in [0.717, 1.165) is 109 Å². The zero-order chi connectivity index (χ0) is 59.3. The van der Waals surface area contributed by atoms with E-state index < -0.39 is 49.5 Å². The molecule has 0 aliphatic carbocycles. The van der Waals surface area contributed by atoms with E-state index in [1.807, 2.05) is 6.08 Å². The highest BCUT2D eigenvalue weighted by Gasteiger charge is 2.44. The number of amides is 1. The quantitative estimate of drug-likeness (QED) is 0.0261. The van der Waals surface area contributed by atoms with Crippen LogP contribution >= 0.6 is 0 Å². The lowest BCUT2D eigenvalue weighted by molar-refractivity contribution is -0.302. The Morgan fingerprint density at radius 2 is 0.756 bits per heavy atom. The molecule has 7 atom stereocenters. The first-order chi connectivity index (χ1) is 40.3. The summed E-state index contributed by atoms with van der Waals surface area (Å²) in [5.74, 6) is -0.190. The lowest BCUT2D eigenvalue weighted by Gasteiger charge is -2.40. The van der Waals surface area contributed by atoms with Crippen LogP contribution in [0.1, 0.15) is 277 Å². The molecule has 6 N–H and O–H groups in total. The first-order valence-corrected chi connectivity index (χ1v) is 33.8. The molecular formula is C73H125NO8. The zero-order valence-electron chi connectivity index (χ0n) is 52.5. The lowest BCUT2D eigenvalue weighted by Crippen LogP contribution is -2.60. The Kier molecular flexibility index (Phi) is 56.7. The molecule has 0 aromatic heterocycles. The molecule has 0 spiro atoms. The Bertz CT molecular complexity index is 1710. The van der Waals surface area contributed by atoms with E-state index in [4.69, 9.17) is 9.47 Å². The average molecular weight is 1140 g/mol. The Morgan fingerprint density at radius 3 is 1.12 bits per heavy atom. The molecule has 0 bridgehead atoms. The molecule has 7 unspecified atom stereocenters. The summed E-state index contributed by atoms with van der Waals surface area (Å²) in [6.07, 6.45) is 84.2. The molecule has 0 radical (unpaired) electrons. The predicted octanol–water partition coefficient (Wildman–Crippen LogP) is 18.2. The van der Waals surface area contributed by atoms with E-state index >= 15 is 0 Å². The van der Waals surface area contributed by atoms with Gasteiger partial charge >= 0.3 is 0 Å². The van der Waals surface area contributed by atoms with E-state index in [2.05, 4.69) is 129 Å². The standard InChI is InChI=1S/C73H125NO8/c1-3-5-7-9-11-13-15-17-19-21-23-25-27-29-30-31-32-33-34-35-36-37-38-39-41-43-45-47-49-51-53-55-57-59-61-63-69(77)74-66(65-81-73-72(80)71(79)70(78)68(64-75)82-73)67(76)62-60-58-56-54-52-50-48-46-44-42-40-28-26-24-22-20-18-16-14-12-10-8-6-4-2/h5,7,11,13,17,19,23,25,29-30,32-33,35-36,38-39,43,45,60,62,66-68,70-73,75-76,78-80H,3-4,6,8-10,12,14-16,18,20-22,24,26-28,31,34,37,40-42,44,46-59,61,63-65H2,1-2H3,(H,74,77)/b7-5-,13-11-,19-17-,25-23-,30-29-,33-32-,36-35-,39-38-,45-43-,62-60+. The molecule has 1 heterocycles. The van der Waals surface area contributed by atoms with Crippen LogP contribution in [0.25, 0.3) is 0 Å². The number of nitrogens with one attached hydrogen (secondary N) is 1. The van der Waals surface area contributed by atoms with Crippen LogP contribution in [0.15, 0.2) is 122 Å². The fraction of sp³-hybridized carbons (Fsp3) is 0.712. The first-order valence-electron chi connectivity index (χ1n) is 33.8. The Balaban J connectivity index is 2.19. The minimum atomic E-state index is -1.58. The fourth-order valence-corrected chi connectivity index (χ4v) is 10.0. The molecule has 1 amide bonds. The molecule has 82 heavy (non-hydrogen) atoms. The summed E-state index contributed by atoms with van der Waals surface area (Å²) in [6.45, 7) is 3.68. The van der Waals surface area contributed by atoms with Gasteiger partial charge in [0, 0.05) is 6.42 Å². The molecule has 1 aliphatic rings. The fourth-order valence-electron chi connectivity index (χ4n) is 10.0. The van der Waals surface area contributed by atoms with Gasteiger partial charge in [-0.1, -0.05) is 302 Å². The minimum absolute atomic E-state index is 0.190. The third-order valence-electron chi connectivity index (χ3n) is 15.3. The third kappa shape index (κ3) is 48.9. The van der Waals surface area contributed by atoms with Crippen molar-refractivity contribution in [3.05, 3.63) is 122 Å². The molecule has 1 fully saturated rings. The maximum absolute atomic E-state index is 13.1. The molecule has 0 saturated carbocycles. The van der Waals surface area contributed by atoms with E-state index in [1.165, 1.54) is 148 Å². The second-order valence-corrected chi connectivity index (χ2v) is 22.9. The van der Waals surface area contributed by atoms with Crippen molar-refractivity contribution in [1.29, 1.82) is 0 Å². The van der Waals surface area contributed by atoms with E-state index in [1.54, 1.807) is 6.08 Å². The molecule has 9 nitrogen and oxygen atoms in total. The van der Waals surface area contributed by atoms with Gasteiger partial charge in [-0.25, -0.2) is 0 Å². The molecule has 470 valence electrons. The van der Waals surface area contributed by atoms with Gasteiger partial charge in [-0.2, -0.15) is 0 Å². The second-order valence-electron chi connectivity index (χ2n) is 22.9. The van der Waals surface area contributed by atoms with Crippen LogP contribution in [0.5, 0.6) is 0 Å². The highest BCUT2D eigenvalue weighted by atomic mass is 16.7. The highest BCUT2D eigenvalue weighted by Crippen LogP contribution is 2.23. The number of carbonyl (C=O) groups is 1. The lowest BCUT2D eigenvalue weighted by atomic mass is 9.99.